The van der Waals surface area contributed by atoms with Gasteiger partial charge in [-0.25, -0.2) is 4.39 Å². The Hall–Kier alpha value is -2.04. The number of hydrogen-bond donors (Lipinski definition) is 1. The first kappa shape index (κ1) is 14.0. The molecule has 0 spiro atoms. The largest absolute Gasteiger partial charge is 0.508 e. The van der Waals surface area contributed by atoms with Crippen molar-refractivity contribution < 1.29 is 22.7 Å². The molecular weight excluding hydrogens is 248 g/mol. The van der Waals surface area contributed by atoms with Gasteiger partial charge in [-0.1, -0.05) is 18.2 Å². The number of rotatable bonds is 0. The molecule has 0 fully saturated rings. The van der Waals surface area contributed by atoms with Crippen molar-refractivity contribution >= 4 is 0 Å². The second-order valence-electron chi connectivity index (χ2n) is 3.34. The molecule has 0 unspecified atom stereocenters. The fourth-order valence-electron chi connectivity index (χ4n) is 1.07. The van der Waals surface area contributed by atoms with Crippen molar-refractivity contribution in [2.24, 2.45) is 0 Å². The van der Waals surface area contributed by atoms with Crippen molar-refractivity contribution in [3.63, 3.8) is 0 Å². The number of alkyl halides is 3. The van der Waals surface area contributed by atoms with E-state index in [0.29, 0.717) is 17.9 Å². The van der Waals surface area contributed by atoms with Crippen LogP contribution in [0.5, 0.6) is 5.75 Å². The Bertz CT molecular complexity index is 463. The smallest absolute Gasteiger partial charge is 0.416 e. The van der Waals surface area contributed by atoms with Gasteiger partial charge in [-0.2, -0.15) is 13.2 Å². The van der Waals surface area contributed by atoms with E-state index in [0.717, 1.165) is 12.1 Å². The molecule has 1 nitrogen and oxygen atoms in total. The summed E-state index contributed by atoms with van der Waals surface area (Å²) < 4.78 is 47.5. The lowest BCUT2D eigenvalue weighted by atomic mass is 10.2. The predicted octanol–water partition coefficient (Wildman–Crippen LogP) is 4.24. The van der Waals surface area contributed by atoms with Crippen molar-refractivity contribution in [2.45, 2.75) is 6.18 Å². The second kappa shape index (κ2) is 6.05. The molecule has 0 saturated heterocycles. The van der Waals surface area contributed by atoms with Crippen LogP contribution in [0.25, 0.3) is 0 Å². The zero-order valence-electron chi connectivity index (χ0n) is 9.16. The van der Waals surface area contributed by atoms with Gasteiger partial charge >= 0.3 is 6.18 Å². The standard InChI is InChI=1S/C7H4F4.C6H6O/c8-6-3-1-5(2-4-6)7(9,10)11;7-6-4-2-1-3-5-6/h1-4H;1-5,7H. The molecule has 0 amide bonds. The Morgan fingerprint density at radius 3 is 1.61 bits per heavy atom. The molecule has 0 heterocycles. The zero-order valence-corrected chi connectivity index (χ0v) is 9.16. The minimum absolute atomic E-state index is 0.322. The summed E-state index contributed by atoms with van der Waals surface area (Å²) in [5.74, 6) is -0.347. The first-order valence-corrected chi connectivity index (χ1v) is 4.96. The highest BCUT2D eigenvalue weighted by molar-refractivity contribution is 5.19. The van der Waals surface area contributed by atoms with Gasteiger partial charge in [0.1, 0.15) is 11.6 Å². The van der Waals surface area contributed by atoms with Crippen LogP contribution in [-0.2, 0) is 6.18 Å². The molecule has 18 heavy (non-hydrogen) atoms. The molecular formula is C13H10F4O. The molecule has 0 aliphatic rings. The van der Waals surface area contributed by atoms with Gasteiger partial charge in [-0.05, 0) is 36.4 Å². The highest BCUT2D eigenvalue weighted by Gasteiger charge is 2.29. The summed E-state index contributed by atoms with van der Waals surface area (Å²) >= 11 is 0. The molecule has 1 N–H and O–H groups in total. The Labute approximate surface area is 101 Å². The third kappa shape index (κ3) is 4.86. The van der Waals surface area contributed by atoms with Crippen LogP contribution in [0.3, 0.4) is 0 Å². The van der Waals surface area contributed by atoms with Crippen LogP contribution in [0.15, 0.2) is 54.6 Å². The summed E-state index contributed by atoms with van der Waals surface area (Å²) in [4.78, 5) is 0. The third-order valence-corrected chi connectivity index (χ3v) is 1.93. The van der Waals surface area contributed by atoms with Crippen molar-refractivity contribution in [3.8, 4) is 5.75 Å². The molecule has 2 rings (SSSR count). The van der Waals surface area contributed by atoms with Crippen LogP contribution >= 0.6 is 0 Å². The Kier molecular flexibility index (Phi) is 4.71. The molecule has 5 heteroatoms. The predicted molar refractivity (Wildman–Crippen MR) is 59.5 cm³/mol. The SMILES string of the molecule is Fc1ccc(C(F)(F)F)cc1.Oc1ccccc1. The van der Waals surface area contributed by atoms with Crippen molar-refractivity contribution in [3.05, 3.63) is 66.0 Å². The fraction of sp³-hybridized carbons (Fsp3) is 0.0769. The van der Waals surface area contributed by atoms with E-state index >= 15 is 0 Å². The van der Waals surface area contributed by atoms with Crippen LogP contribution in [-0.4, -0.2) is 5.11 Å². The highest BCUT2D eigenvalue weighted by atomic mass is 19.4. The normalized spacial score (nSPS) is 10.4. The lowest BCUT2D eigenvalue weighted by Gasteiger charge is -2.04. The number of hydrogen-bond acceptors (Lipinski definition) is 1. The Balaban J connectivity index is 0.000000199. The maximum Gasteiger partial charge on any atom is 0.416 e. The van der Waals surface area contributed by atoms with Crippen molar-refractivity contribution in [1.82, 2.24) is 0 Å². The van der Waals surface area contributed by atoms with Gasteiger partial charge in [0.2, 0.25) is 0 Å². The molecule has 0 radical (unpaired) electrons. The maximum absolute atomic E-state index is 12.1. The second-order valence-corrected chi connectivity index (χ2v) is 3.34. The van der Waals surface area contributed by atoms with Crippen LogP contribution in [0, 0.1) is 5.82 Å². The van der Waals surface area contributed by atoms with Gasteiger partial charge < -0.3 is 5.11 Å². The zero-order chi connectivity index (χ0) is 13.6. The lowest BCUT2D eigenvalue weighted by Crippen LogP contribution is -2.03. The maximum atomic E-state index is 12.1. The average molecular weight is 258 g/mol. The van der Waals surface area contributed by atoms with Crippen molar-refractivity contribution in [2.75, 3.05) is 0 Å². The number of benzene rings is 2. The van der Waals surface area contributed by atoms with Crippen LogP contribution in [0.1, 0.15) is 5.56 Å². The molecule has 96 valence electrons. The summed E-state index contributed by atoms with van der Waals surface area (Å²) in [5, 5.41) is 8.63. The van der Waals surface area contributed by atoms with Crippen LogP contribution in [0.4, 0.5) is 17.6 Å². The minimum Gasteiger partial charge on any atom is -0.508 e. The molecule has 0 aromatic heterocycles. The molecule has 2 aromatic carbocycles. The van der Waals surface area contributed by atoms with E-state index in [1.54, 1.807) is 24.3 Å². The van der Waals surface area contributed by atoms with E-state index in [2.05, 4.69) is 0 Å². The summed E-state index contributed by atoms with van der Waals surface area (Å²) in [6.07, 6.45) is -4.38. The number of phenolic OH excluding ortho intramolecular Hbond substituents is 1. The van der Waals surface area contributed by atoms with Crippen molar-refractivity contribution in [1.29, 1.82) is 0 Å². The van der Waals surface area contributed by atoms with Gasteiger partial charge in [0, 0.05) is 0 Å². The van der Waals surface area contributed by atoms with Gasteiger partial charge in [-0.3, -0.25) is 0 Å². The number of aromatic hydroxyl groups is 1. The number of phenols is 1. The molecule has 0 saturated carbocycles. The summed E-state index contributed by atoms with van der Waals surface area (Å²) in [7, 11) is 0. The van der Waals surface area contributed by atoms with Crippen LogP contribution < -0.4 is 0 Å². The minimum atomic E-state index is -4.38. The summed E-state index contributed by atoms with van der Waals surface area (Å²) in [6, 6.07) is 11.7. The van der Waals surface area contributed by atoms with Gasteiger partial charge in [0.25, 0.3) is 0 Å². The van der Waals surface area contributed by atoms with Gasteiger partial charge in [-0.15, -0.1) is 0 Å². The van der Waals surface area contributed by atoms with E-state index in [1.807, 2.05) is 6.07 Å². The quantitative estimate of drug-likeness (QED) is 0.701. The third-order valence-electron chi connectivity index (χ3n) is 1.93. The average Bonchev–Trinajstić information content (AvgIpc) is 2.30. The van der Waals surface area contributed by atoms with E-state index < -0.39 is 17.6 Å². The molecule has 2 aromatic rings. The number of halogens is 4. The Morgan fingerprint density at radius 1 is 0.778 bits per heavy atom. The lowest BCUT2D eigenvalue weighted by molar-refractivity contribution is -0.137. The van der Waals surface area contributed by atoms with Gasteiger partial charge in [0.15, 0.2) is 0 Å². The van der Waals surface area contributed by atoms with E-state index in [-0.39, 0.29) is 0 Å². The monoisotopic (exact) mass is 258 g/mol. The van der Waals surface area contributed by atoms with E-state index in [1.165, 1.54) is 0 Å². The fourth-order valence-corrected chi connectivity index (χ4v) is 1.07. The van der Waals surface area contributed by atoms with E-state index in [4.69, 9.17) is 5.11 Å². The summed E-state index contributed by atoms with van der Waals surface area (Å²) in [6.45, 7) is 0. The molecule has 0 bridgehead atoms. The van der Waals surface area contributed by atoms with Crippen LogP contribution in [0.2, 0.25) is 0 Å². The number of para-hydroxylation sites is 1. The Morgan fingerprint density at radius 2 is 1.28 bits per heavy atom. The summed E-state index contributed by atoms with van der Waals surface area (Å²) in [5.41, 5.74) is -0.834. The first-order valence-electron chi connectivity index (χ1n) is 4.96. The molecule has 0 atom stereocenters. The topological polar surface area (TPSA) is 20.2 Å². The van der Waals surface area contributed by atoms with Gasteiger partial charge in [0.05, 0.1) is 5.56 Å². The first-order chi connectivity index (χ1) is 8.39. The highest BCUT2D eigenvalue weighted by Crippen LogP contribution is 2.28. The molecule has 0 aliphatic heterocycles. The van der Waals surface area contributed by atoms with E-state index in [9.17, 15) is 17.6 Å². The molecule has 0 aliphatic carbocycles.